The van der Waals surface area contributed by atoms with Gasteiger partial charge in [0.1, 0.15) is 6.04 Å². The lowest BCUT2D eigenvalue weighted by molar-refractivity contribution is -0.139. The number of carboxylic acids is 1. The third kappa shape index (κ3) is 5.21. The summed E-state index contributed by atoms with van der Waals surface area (Å²) in [6.07, 6.45) is 0.532. The first-order valence-electron chi connectivity index (χ1n) is 6.53. The molecule has 0 saturated heterocycles. The molecule has 0 aromatic heterocycles. The smallest absolute Gasteiger partial charge is 0.325 e. The van der Waals surface area contributed by atoms with E-state index in [2.05, 4.69) is 15.3 Å². The number of rotatable bonds is 9. The molecule has 3 N–H and O–H groups in total. The highest BCUT2D eigenvalue weighted by Crippen LogP contribution is 2.29. The predicted octanol–water partition coefficient (Wildman–Crippen LogP) is 2.21. The molecular formula is C13H18N4O4. The van der Waals surface area contributed by atoms with Crippen molar-refractivity contribution >= 4 is 5.97 Å². The minimum Gasteiger partial charge on any atom is -0.504 e. The average molecular weight is 294 g/mol. The van der Waals surface area contributed by atoms with Gasteiger partial charge in [-0.1, -0.05) is 11.2 Å². The van der Waals surface area contributed by atoms with Gasteiger partial charge in [-0.15, -0.1) is 0 Å². The van der Waals surface area contributed by atoms with Gasteiger partial charge in [-0.05, 0) is 43.1 Å². The molecule has 1 atom stereocenters. The Morgan fingerprint density at radius 2 is 2.33 bits per heavy atom. The summed E-state index contributed by atoms with van der Waals surface area (Å²) in [7, 11) is 0. The van der Waals surface area contributed by atoms with Gasteiger partial charge in [0, 0.05) is 11.5 Å². The molecule has 21 heavy (non-hydrogen) atoms. The zero-order chi connectivity index (χ0) is 15.7. The minimum atomic E-state index is -1.04. The van der Waals surface area contributed by atoms with Crippen molar-refractivity contribution in [3.05, 3.63) is 34.2 Å². The summed E-state index contributed by atoms with van der Waals surface area (Å²) >= 11 is 0. The molecule has 0 bridgehead atoms. The monoisotopic (exact) mass is 294 g/mol. The zero-order valence-corrected chi connectivity index (χ0v) is 11.7. The number of phenolic OH excluding ortho intramolecular Hbond substituents is 1. The summed E-state index contributed by atoms with van der Waals surface area (Å²) in [4.78, 5) is 14.0. The molecule has 0 fully saturated rings. The fourth-order valence-corrected chi connectivity index (χ4v) is 1.77. The van der Waals surface area contributed by atoms with Crippen molar-refractivity contribution in [1.82, 2.24) is 5.32 Å². The lowest BCUT2D eigenvalue weighted by Gasteiger charge is -2.16. The topological polar surface area (TPSA) is 128 Å². The summed E-state index contributed by atoms with van der Waals surface area (Å²) in [5.74, 6) is -0.822. The number of benzene rings is 1. The van der Waals surface area contributed by atoms with Crippen LogP contribution in [0.3, 0.4) is 0 Å². The molecule has 1 unspecified atom stereocenters. The molecule has 8 heteroatoms. The Bertz CT molecular complexity index is 529. The SMILES string of the molecule is CCOc1cc(C(NCCCN=[N+]=[N-])C(=O)O)ccc1O. The number of hydrogen-bond donors (Lipinski definition) is 3. The lowest BCUT2D eigenvalue weighted by Crippen LogP contribution is -2.29. The molecule has 0 aliphatic heterocycles. The predicted molar refractivity (Wildman–Crippen MR) is 76.3 cm³/mol. The number of ether oxygens (including phenoxy) is 1. The number of nitrogens with zero attached hydrogens (tertiary/aromatic N) is 3. The summed E-state index contributed by atoms with van der Waals surface area (Å²) < 4.78 is 5.24. The maximum absolute atomic E-state index is 11.3. The van der Waals surface area contributed by atoms with Crippen LogP contribution in [0.4, 0.5) is 0 Å². The highest BCUT2D eigenvalue weighted by molar-refractivity contribution is 5.76. The third-order valence-corrected chi connectivity index (χ3v) is 2.71. The van der Waals surface area contributed by atoms with E-state index >= 15 is 0 Å². The van der Waals surface area contributed by atoms with Crippen molar-refractivity contribution in [2.45, 2.75) is 19.4 Å². The van der Waals surface area contributed by atoms with Gasteiger partial charge >= 0.3 is 5.97 Å². The number of carbonyl (C=O) groups is 1. The Hall–Kier alpha value is -2.44. The number of nitrogens with one attached hydrogen (secondary N) is 1. The molecule has 0 amide bonds. The van der Waals surface area contributed by atoms with Gasteiger partial charge in [0.2, 0.25) is 0 Å². The van der Waals surface area contributed by atoms with Gasteiger partial charge in [-0.25, -0.2) is 0 Å². The van der Waals surface area contributed by atoms with Crippen molar-refractivity contribution in [2.24, 2.45) is 5.11 Å². The van der Waals surface area contributed by atoms with Gasteiger partial charge in [-0.2, -0.15) is 0 Å². The maximum Gasteiger partial charge on any atom is 0.325 e. The second-order valence-electron chi connectivity index (χ2n) is 4.19. The van der Waals surface area contributed by atoms with E-state index in [9.17, 15) is 15.0 Å². The standard InChI is InChI=1S/C13H18N4O4/c1-2-21-11-8-9(4-5-10(11)18)12(13(19)20)15-6-3-7-16-17-14/h4-5,8,12,15,18H,2-3,6-7H2,1H3,(H,19,20). The van der Waals surface area contributed by atoms with E-state index < -0.39 is 12.0 Å². The molecular weight excluding hydrogens is 276 g/mol. The number of aliphatic carboxylic acids is 1. The Kier molecular flexibility index (Phi) is 6.86. The van der Waals surface area contributed by atoms with E-state index in [-0.39, 0.29) is 11.5 Å². The molecule has 0 heterocycles. The van der Waals surface area contributed by atoms with E-state index in [1.54, 1.807) is 6.92 Å². The van der Waals surface area contributed by atoms with Crippen molar-refractivity contribution in [1.29, 1.82) is 0 Å². The number of azide groups is 1. The minimum absolute atomic E-state index is 0.0342. The molecule has 0 saturated carbocycles. The van der Waals surface area contributed by atoms with E-state index in [4.69, 9.17) is 10.3 Å². The largest absolute Gasteiger partial charge is 0.504 e. The Morgan fingerprint density at radius 1 is 1.57 bits per heavy atom. The van der Waals surface area contributed by atoms with Gasteiger partial charge in [0.15, 0.2) is 11.5 Å². The zero-order valence-electron chi connectivity index (χ0n) is 11.7. The van der Waals surface area contributed by atoms with Crippen LogP contribution in [-0.2, 0) is 4.79 Å². The molecule has 0 spiro atoms. The Morgan fingerprint density at radius 3 is 2.95 bits per heavy atom. The van der Waals surface area contributed by atoms with Crippen LogP contribution in [0.2, 0.25) is 0 Å². The number of carboxylic acid groups (broad SMARTS) is 1. The van der Waals surface area contributed by atoms with Crippen LogP contribution in [0.1, 0.15) is 24.9 Å². The molecule has 0 aliphatic carbocycles. The van der Waals surface area contributed by atoms with Crippen LogP contribution in [0.25, 0.3) is 10.4 Å². The normalized spacial score (nSPS) is 11.5. The summed E-state index contributed by atoms with van der Waals surface area (Å²) in [6, 6.07) is 3.50. The quantitative estimate of drug-likeness (QED) is 0.278. The van der Waals surface area contributed by atoms with Gasteiger partial charge in [0.05, 0.1) is 6.61 Å². The first-order chi connectivity index (χ1) is 10.1. The number of phenols is 1. The fraction of sp³-hybridized carbons (Fsp3) is 0.462. The van der Waals surface area contributed by atoms with Gasteiger partial charge < -0.3 is 20.3 Å². The fourth-order valence-electron chi connectivity index (χ4n) is 1.77. The van der Waals surface area contributed by atoms with E-state index in [1.807, 2.05) is 0 Å². The summed E-state index contributed by atoms with van der Waals surface area (Å²) in [5, 5.41) is 25.1. The van der Waals surface area contributed by atoms with Crippen LogP contribution >= 0.6 is 0 Å². The lowest BCUT2D eigenvalue weighted by atomic mass is 10.1. The number of aromatic hydroxyl groups is 1. The van der Waals surface area contributed by atoms with Crippen molar-refractivity contribution in [3.8, 4) is 11.5 Å². The highest BCUT2D eigenvalue weighted by atomic mass is 16.5. The van der Waals surface area contributed by atoms with Crippen LogP contribution in [0.5, 0.6) is 11.5 Å². The van der Waals surface area contributed by atoms with Crippen LogP contribution in [-0.4, -0.2) is 35.9 Å². The summed E-state index contributed by atoms with van der Waals surface area (Å²) in [5.41, 5.74) is 8.63. The number of hydrogen-bond acceptors (Lipinski definition) is 5. The van der Waals surface area contributed by atoms with E-state index in [0.29, 0.717) is 31.7 Å². The second-order valence-corrected chi connectivity index (χ2v) is 4.19. The molecule has 0 aliphatic rings. The first-order valence-corrected chi connectivity index (χ1v) is 6.53. The molecule has 114 valence electrons. The van der Waals surface area contributed by atoms with Crippen LogP contribution in [0.15, 0.2) is 23.3 Å². The molecule has 1 aromatic rings. The van der Waals surface area contributed by atoms with E-state index in [0.717, 1.165) is 0 Å². The van der Waals surface area contributed by atoms with Crippen LogP contribution < -0.4 is 10.1 Å². The van der Waals surface area contributed by atoms with Gasteiger partial charge in [0.25, 0.3) is 0 Å². The highest BCUT2D eigenvalue weighted by Gasteiger charge is 2.20. The Labute approximate surface area is 122 Å². The van der Waals surface area contributed by atoms with Gasteiger partial charge in [-0.3, -0.25) is 4.79 Å². The molecule has 1 rings (SSSR count). The molecule has 0 radical (unpaired) electrons. The third-order valence-electron chi connectivity index (χ3n) is 2.71. The summed E-state index contributed by atoms with van der Waals surface area (Å²) in [6.45, 7) is 2.83. The van der Waals surface area contributed by atoms with Crippen LogP contribution in [0, 0.1) is 0 Å². The first kappa shape index (κ1) is 16.6. The maximum atomic E-state index is 11.3. The van der Waals surface area contributed by atoms with E-state index in [1.165, 1.54) is 18.2 Å². The van der Waals surface area contributed by atoms with Crippen molar-refractivity contribution < 1.29 is 19.7 Å². The molecule has 8 nitrogen and oxygen atoms in total. The molecule has 1 aromatic carbocycles. The van der Waals surface area contributed by atoms with Crippen molar-refractivity contribution in [3.63, 3.8) is 0 Å². The average Bonchev–Trinajstić information content (AvgIpc) is 2.45. The Balaban J connectivity index is 2.78. The van der Waals surface area contributed by atoms with Crippen molar-refractivity contribution in [2.75, 3.05) is 19.7 Å². The second kappa shape index (κ2) is 8.68.